The molecule has 0 aliphatic heterocycles. The number of carbonyl (C=O) groups excluding carboxylic acids is 2. The third-order valence-electron chi connectivity index (χ3n) is 4.03. The van der Waals surface area contributed by atoms with Crippen molar-refractivity contribution in [1.29, 1.82) is 0 Å². The van der Waals surface area contributed by atoms with E-state index in [0.29, 0.717) is 0 Å². The van der Waals surface area contributed by atoms with Gasteiger partial charge < -0.3 is 24.5 Å². The maximum atomic E-state index is 11.6. The average Bonchev–Trinajstić information content (AvgIpc) is 2.62. The molecule has 0 heterocycles. The van der Waals surface area contributed by atoms with Gasteiger partial charge in [-0.1, -0.05) is 57.6 Å². The SMILES string of the molecule is CCCCCCCCCC=CCC(CC(=O)OCCOCCO)C(=O)[O-].[Na+]. The molecule has 1 unspecified atom stereocenters. The number of ether oxygens (including phenoxy) is 2. The van der Waals surface area contributed by atoms with Crippen molar-refractivity contribution in [2.45, 2.75) is 71.1 Å². The Balaban J connectivity index is 0. The summed E-state index contributed by atoms with van der Waals surface area (Å²) < 4.78 is 9.87. The summed E-state index contributed by atoms with van der Waals surface area (Å²) in [6.45, 7) is 2.53. The minimum Gasteiger partial charge on any atom is -0.550 e. The minimum absolute atomic E-state index is 0. The summed E-state index contributed by atoms with van der Waals surface area (Å²) in [5.41, 5.74) is 0. The average molecular weight is 394 g/mol. The van der Waals surface area contributed by atoms with Gasteiger partial charge in [0.25, 0.3) is 0 Å². The molecule has 0 aliphatic rings. The van der Waals surface area contributed by atoms with Crippen LogP contribution in [0.4, 0.5) is 0 Å². The van der Waals surface area contributed by atoms with Gasteiger partial charge in [-0.2, -0.15) is 0 Å². The van der Waals surface area contributed by atoms with E-state index in [9.17, 15) is 14.7 Å². The third-order valence-corrected chi connectivity index (χ3v) is 4.03. The van der Waals surface area contributed by atoms with Crippen LogP contribution in [0.1, 0.15) is 71.1 Å². The summed E-state index contributed by atoms with van der Waals surface area (Å²) in [5.74, 6) is -2.68. The van der Waals surface area contributed by atoms with Gasteiger partial charge in [-0.15, -0.1) is 0 Å². The van der Waals surface area contributed by atoms with E-state index < -0.39 is 17.9 Å². The Labute approximate surface area is 186 Å². The quantitative estimate of drug-likeness (QED) is 0.144. The molecule has 0 aromatic carbocycles. The first kappa shape index (κ1) is 28.8. The van der Waals surface area contributed by atoms with E-state index in [4.69, 9.17) is 14.6 Å². The van der Waals surface area contributed by atoms with Crippen LogP contribution >= 0.6 is 0 Å². The molecule has 1 N–H and O–H groups in total. The number of hydrogen-bond acceptors (Lipinski definition) is 6. The summed E-state index contributed by atoms with van der Waals surface area (Å²) in [4.78, 5) is 22.8. The van der Waals surface area contributed by atoms with Crippen LogP contribution in [-0.4, -0.2) is 43.5 Å². The van der Waals surface area contributed by atoms with Gasteiger partial charge in [0.15, 0.2) is 0 Å². The van der Waals surface area contributed by atoms with E-state index in [1.807, 2.05) is 12.2 Å². The Morgan fingerprint density at radius 2 is 1.67 bits per heavy atom. The smallest absolute Gasteiger partial charge is 0.550 e. The van der Waals surface area contributed by atoms with E-state index in [-0.39, 0.29) is 68.8 Å². The Kier molecular flexibility index (Phi) is 23.4. The molecule has 152 valence electrons. The number of allylic oxidation sites excluding steroid dienone is 2. The van der Waals surface area contributed by atoms with Crippen LogP contribution < -0.4 is 34.7 Å². The molecule has 0 radical (unpaired) electrons. The van der Waals surface area contributed by atoms with Crippen molar-refractivity contribution in [3.05, 3.63) is 12.2 Å². The fourth-order valence-electron chi connectivity index (χ4n) is 2.50. The topological polar surface area (TPSA) is 95.9 Å². The summed E-state index contributed by atoms with van der Waals surface area (Å²) in [6, 6.07) is 0. The number of carboxylic acid groups (broad SMARTS) is 1. The maximum absolute atomic E-state index is 11.6. The Hall–Kier alpha value is -0.400. The molecule has 0 aromatic rings. The van der Waals surface area contributed by atoms with Crippen LogP contribution in [0.3, 0.4) is 0 Å². The van der Waals surface area contributed by atoms with Crippen molar-refractivity contribution in [2.24, 2.45) is 5.92 Å². The van der Waals surface area contributed by atoms with Gasteiger partial charge in [-0.05, 0) is 19.3 Å². The fraction of sp³-hybridized carbons (Fsp3) is 0.800. The van der Waals surface area contributed by atoms with Crippen molar-refractivity contribution in [1.82, 2.24) is 0 Å². The maximum Gasteiger partial charge on any atom is 1.00 e. The number of hydrogen-bond donors (Lipinski definition) is 1. The summed E-state index contributed by atoms with van der Waals surface area (Å²) >= 11 is 0. The van der Waals surface area contributed by atoms with E-state index in [0.717, 1.165) is 12.8 Å². The summed E-state index contributed by atoms with van der Waals surface area (Å²) in [5, 5.41) is 19.7. The monoisotopic (exact) mass is 394 g/mol. The number of aliphatic carboxylic acids is 1. The molecule has 0 amide bonds. The number of carboxylic acids is 1. The van der Waals surface area contributed by atoms with Crippen molar-refractivity contribution in [3.63, 3.8) is 0 Å². The Morgan fingerprint density at radius 1 is 1.00 bits per heavy atom. The zero-order valence-electron chi connectivity index (χ0n) is 17.1. The first-order valence-electron chi connectivity index (χ1n) is 9.81. The number of esters is 1. The zero-order valence-corrected chi connectivity index (χ0v) is 19.1. The van der Waals surface area contributed by atoms with Crippen LogP contribution in [0.5, 0.6) is 0 Å². The van der Waals surface area contributed by atoms with Crippen LogP contribution in [0.25, 0.3) is 0 Å². The summed E-state index contributed by atoms with van der Waals surface area (Å²) in [7, 11) is 0. The number of aliphatic hydroxyl groups is 1. The van der Waals surface area contributed by atoms with Gasteiger partial charge in [0.1, 0.15) is 6.61 Å². The molecule has 0 bridgehead atoms. The standard InChI is InChI=1S/C20H36O6.Na/c1-2-3-4-5-6-7-8-9-10-11-12-18(20(23)24)17-19(22)26-16-15-25-14-13-21;/h10-11,18,21H,2-9,12-17H2,1H3,(H,23,24);/q;+1/p-1. The van der Waals surface area contributed by atoms with Crippen LogP contribution in [0.15, 0.2) is 12.2 Å². The third kappa shape index (κ3) is 20.2. The van der Waals surface area contributed by atoms with Gasteiger partial charge in [-0.25, -0.2) is 0 Å². The van der Waals surface area contributed by atoms with Gasteiger partial charge in [-0.3, -0.25) is 4.79 Å². The van der Waals surface area contributed by atoms with Crippen molar-refractivity contribution >= 4 is 11.9 Å². The van der Waals surface area contributed by atoms with Crippen molar-refractivity contribution < 1.29 is 58.8 Å². The van der Waals surface area contributed by atoms with E-state index in [1.54, 1.807) is 0 Å². The predicted octanol–water partition coefficient (Wildman–Crippen LogP) is -0.614. The molecule has 0 saturated heterocycles. The van der Waals surface area contributed by atoms with E-state index >= 15 is 0 Å². The molecular weight excluding hydrogens is 359 g/mol. The molecule has 27 heavy (non-hydrogen) atoms. The van der Waals surface area contributed by atoms with Gasteiger partial charge in [0, 0.05) is 11.9 Å². The molecule has 0 fully saturated rings. The van der Waals surface area contributed by atoms with E-state index in [1.165, 1.54) is 38.5 Å². The predicted molar refractivity (Wildman–Crippen MR) is 98.3 cm³/mol. The largest absolute Gasteiger partial charge is 1.00 e. The van der Waals surface area contributed by atoms with E-state index in [2.05, 4.69) is 6.92 Å². The second kappa shape index (κ2) is 21.9. The number of unbranched alkanes of at least 4 members (excludes halogenated alkanes) is 7. The molecule has 1 atom stereocenters. The fourth-order valence-corrected chi connectivity index (χ4v) is 2.50. The second-order valence-electron chi connectivity index (χ2n) is 6.39. The Morgan fingerprint density at radius 3 is 2.30 bits per heavy atom. The first-order chi connectivity index (χ1) is 12.6. The van der Waals surface area contributed by atoms with Crippen molar-refractivity contribution in [2.75, 3.05) is 26.4 Å². The molecule has 0 saturated carbocycles. The normalized spacial score (nSPS) is 11.9. The molecule has 0 aromatic heterocycles. The van der Waals surface area contributed by atoms with Crippen LogP contribution in [0, 0.1) is 5.92 Å². The molecule has 0 spiro atoms. The van der Waals surface area contributed by atoms with Crippen molar-refractivity contribution in [3.8, 4) is 0 Å². The second-order valence-corrected chi connectivity index (χ2v) is 6.39. The summed E-state index contributed by atoms with van der Waals surface area (Å²) in [6.07, 6.45) is 13.5. The molecule has 0 aliphatic carbocycles. The van der Waals surface area contributed by atoms with Crippen LogP contribution in [0.2, 0.25) is 0 Å². The molecule has 7 heteroatoms. The molecule has 0 rings (SSSR count). The first-order valence-corrected chi connectivity index (χ1v) is 9.81. The molecular formula is C20H35NaO6. The van der Waals surface area contributed by atoms with Gasteiger partial charge >= 0.3 is 35.5 Å². The van der Waals surface area contributed by atoms with Crippen LogP contribution in [-0.2, 0) is 19.1 Å². The van der Waals surface area contributed by atoms with Gasteiger partial charge in [0.2, 0.25) is 0 Å². The number of carbonyl (C=O) groups is 2. The number of rotatable bonds is 18. The number of aliphatic hydroxyl groups excluding tert-OH is 1. The molecule has 6 nitrogen and oxygen atoms in total. The minimum atomic E-state index is -1.24. The van der Waals surface area contributed by atoms with Gasteiger partial charge in [0.05, 0.1) is 26.2 Å². The zero-order chi connectivity index (χ0) is 19.5. The Bertz CT molecular complexity index is 387.